The summed E-state index contributed by atoms with van der Waals surface area (Å²) in [6.45, 7) is 0.785. The molecule has 0 aliphatic heterocycles. The fraction of sp³-hybridized carbons (Fsp3) is 0.667. The molecule has 0 atom stereocenters. The standard InChI is InChI=1S/C9H12Cl2N4O/c1-15(4-5-2-6(16)3-5)9-13-7(10)12-8(11)14-9/h5-6,16H,2-4H2,1H3. The third-order valence-electron chi connectivity index (χ3n) is 2.65. The molecular formula is C9H12Cl2N4O. The second kappa shape index (κ2) is 4.69. The lowest BCUT2D eigenvalue weighted by molar-refractivity contribution is 0.0463. The van der Waals surface area contributed by atoms with Gasteiger partial charge in [-0.1, -0.05) is 0 Å². The van der Waals surface area contributed by atoms with Crippen LogP contribution < -0.4 is 4.90 Å². The molecule has 2 rings (SSSR count). The Hall–Kier alpha value is -0.650. The number of aromatic nitrogens is 3. The van der Waals surface area contributed by atoms with Crippen molar-refractivity contribution in [2.45, 2.75) is 18.9 Å². The van der Waals surface area contributed by atoms with Gasteiger partial charge in [0.15, 0.2) is 0 Å². The highest BCUT2D eigenvalue weighted by Crippen LogP contribution is 2.28. The van der Waals surface area contributed by atoms with Crippen LogP contribution in [0.15, 0.2) is 0 Å². The number of halogens is 2. The summed E-state index contributed by atoms with van der Waals surface area (Å²) in [6.07, 6.45) is 1.51. The fourth-order valence-corrected chi connectivity index (χ4v) is 2.16. The minimum Gasteiger partial charge on any atom is -0.393 e. The Morgan fingerprint density at radius 1 is 1.25 bits per heavy atom. The maximum atomic E-state index is 9.19. The van der Waals surface area contributed by atoms with Crippen molar-refractivity contribution in [1.82, 2.24) is 15.0 Å². The molecule has 0 unspecified atom stereocenters. The maximum absolute atomic E-state index is 9.19. The molecule has 1 aliphatic carbocycles. The summed E-state index contributed by atoms with van der Waals surface area (Å²) in [5.74, 6) is 0.945. The normalized spacial score (nSPS) is 24.0. The highest BCUT2D eigenvalue weighted by molar-refractivity contribution is 6.31. The number of hydrogen-bond donors (Lipinski definition) is 1. The Morgan fingerprint density at radius 3 is 2.31 bits per heavy atom. The van der Waals surface area contributed by atoms with E-state index in [1.807, 2.05) is 11.9 Å². The van der Waals surface area contributed by atoms with Gasteiger partial charge in [-0.15, -0.1) is 0 Å². The van der Waals surface area contributed by atoms with Gasteiger partial charge in [-0.25, -0.2) is 0 Å². The first kappa shape index (κ1) is 11.8. The molecule has 5 nitrogen and oxygen atoms in total. The zero-order valence-corrected chi connectivity index (χ0v) is 10.3. The molecule has 0 amide bonds. The summed E-state index contributed by atoms with van der Waals surface area (Å²) in [4.78, 5) is 13.5. The molecule has 16 heavy (non-hydrogen) atoms. The molecule has 88 valence electrons. The quantitative estimate of drug-likeness (QED) is 0.892. The van der Waals surface area contributed by atoms with Crippen LogP contribution in [0.4, 0.5) is 5.95 Å². The molecule has 1 aromatic heterocycles. The number of anilines is 1. The lowest BCUT2D eigenvalue weighted by atomic mass is 9.82. The van der Waals surface area contributed by atoms with E-state index >= 15 is 0 Å². The van der Waals surface area contributed by atoms with Crippen molar-refractivity contribution in [3.63, 3.8) is 0 Å². The highest BCUT2D eigenvalue weighted by Gasteiger charge is 2.28. The van der Waals surface area contributed by atoms with Crippen molar-refractivity contribution in [3.05, 3.63) is 10.6 Å². The summed E-state index contributed by atoms with van der Waals surface area (Å²) >= 11 is 11.4. The van der Waals surface area contributed by atoms with Gasteiger partial charge in [-0.3, -0.25) is 0 Å². The van der Waals surface area contributed by atoms with Crippen molar-refractivity contribution >= 4 is 29.2 Å². The molecule has 0 radical (unpaired) electrons. The van der Waals surface area contributed by atoms with Gasteiger partial charge in [0.2, 0.25) is 16.5 Å². The van der Waals surface area contributed by atoms with Crippen LogP contribution in [0.2, 0.25) is 10.6 Å². The number of nitrogens with zero attached hydrogens (tertiary/aromatic N) is 4. The molecule has 1 aromatic rings. The van der Waals surface area contributed by atoms with Crippen LogP contribution in [-0.2, 0) is 0 Å². The van der Waals surface area contributed by atoms with Gasteiger partial charge in [0.05, 0.1) is 6.10 Å². The number of aliphatic hydroxyl groups is 1. The first-order valence-corrected chi connectivity index (χ1v) is 5.76. The summed E-state index contributed by atoms with van der Waals surface area (Å²) < 4.78 is 0. The smallest absolute Gasteiger partial charge is 0.230 e. The predicted molar refractivity (Wildman–Crippen MR) is 61.8 cm³/mol. The molecule has 0 bridgehead atoms. The second-order valence-corrected chi connectivity index (χ2v) is 4.72. The van der Waals surface area contributed by atoms with Crippen LogP contribution in [0, 0.1) is 5.92 Å². The van der Waals surface area contributed by atoms with E-state index in [1.165, 1.54) is 0 Å². The van der Waals surface area contributed by atoms with Gasteiger partial charge in [-0.05, 0) is 42.0 Å². The third kappa shape index (κ3) is 2.72. The predicted octanol–water partition coefficient (Wildman–Crippen LogP) is 1.39. The van der Waals surface area contributed by atoms with Gasteiger partial charge in [0.1, 0.15) is 0 Å². The molecule has 7 heteroatoms. The van der Waals surface area contributed by atoms with E-state index in [4.69, 9.17) is 23.2 Å². The minimum atomic E-state index is -0.149. The summed E-state index contributed by atoms with van der Waals surface area (Å²) in [5, 5.41) is 9.37. The molecule has 1 saturated carbocycles. The lowest BCUT2D eigenvalue weighted by Crippen LogP contribution is -2.37. The van der Waals surface area contributed by atoms with Crippen molar-refractivity contribution < 1.29 is 5.11 Å². The first-order chi connectivity index (χ1) is 7.54. The van der Waals surface area contributed by atoms with Crippen molar-refractivity contribution in [1.29, 1.82) is 0 Å². The number of hydrogen-bond acceptors (Lipinski definition) is 5. The van der Waals surface area contributed by atoms with Crippen LogP contribution in [0.1, 0.15) is 12.8 Å². The number of aliphatic hydroxyl groups excluding tert-OH is 1. The topological polar surface area (TPSA) is 62.1 Å². The van der Waals surface area contributed by atoms with Gasteiger partial charge in [0, 0.05) is 13.6 Å². The van der Waals surface area contributed by atoms with Crippen molar-refractivity contribution in [3.8, 4) is 0 Å². The SMILES string of the molecule is CN(CC1CC(O)C1)c1nc(Cl)nc(Cl)n1. The van der Waals surface area contributed by atoms with E-state index in [0.717, 1.165) is 19.4 Å². The van der Waals surface area contributed by atoms with Crippen molar-refractivity contribution in [2.24, 2.45) is 5.92 Å². The van der Waals surface area contributed by atoms with Gasteiger partial charge < -0.3 is 10.0 Å². The molecule has 1 fully saturated rings. The zero-order chi connectivity index (χ0) is 11.7. The Morgan fingerprint density at radius 2 is 1.81 bits per heavy atom. The Balaban J connectivity index is 2.00. The minimum absolute atomic E-state index is 0.0931. The molecule has 1 heterocycles. The lowest BCUT2D eigenvalue weighted by Gasteiger charge is -2.34. The van der Waals surface area contributed by atoms with E-state index < -0.39 is 0 Å². The van der Waals surface area contributed by atoms with Crippen LogP contribution in [0.5, 0.6) is 0 Å². The third-order valence-corrected chi connectivity index (χ3v) is 2.99. The average molecular weight is 263 g/mol. The fourth-order valence-electron chi connectivity index (χ4n) is 1.81. The Bertz CT molecular complexity index is 364. The van der Waals surface area contributed by atoms with Crippen LogP contribution in [0.25, 0.3) is 0 Å². The van der Waals surface area contributed by atoms with Gasteiger partial charge in [-0.2, -0.15) is 15.0 Å². The molecule has 0 spiro atoms. The Labute approximate surface area is 103 Å². The van der Waals surface area contributed by atoms with Crippen molar-refractivity contribution in [2.75, 3.05) is 18.5 Å². The molecule has 0 aromatic carbocycles. The van der Waals surface area contributed by atoms with Gasteiger partial charge in [0.25, 0.3) is 0 Å². The monoisotopic (exact) mass is 262 g/mol. The van der Waals surface area contributed by atoms with Crippen LogP contribution in [0.3, 0.4) is 0 Å². The highest BCUT2D eigenvalue weighted by atomic mass is 35.5. The average Bonchev–Trinajstić information content (AvgIpc) is 2.13. The van der Waals surface area contributed by atoms with E-state index in [0.29, 0.717) is 11.9 Å². The van der Waals surface area contributed by atoms with E-state index in [2.05, 4.69) is 15.0 Å². The second-order valence-electron chi connectivity index (χ2n) is 4.05. The molecular weight excluding hydrogens is 251 g/mol. The largest absolute Gasteiger partial charge is 0.393 e. The number of rotatable bonds is 3. The molecule has 1 aliphatic rings. The molecule has 1 N–H and O–H groups in total. The Kier molecular flexibility index (Phi) is 3.47. The summed E-state index contributed by atoms with van der Waals surface area (Å²) in [7, 11) is 1.87. The summed E-state index contributed by atoms with van der Waals surface area (Å²) in [5.41, 5.74) is 0. The van der Waals surface area contributed by atoms with Crippen LogP contribution >= 0.6 is 23.2 Å². The first-order valence-electron chi connectivity index (χ1n) is 5.01. The molecule has 0 saturated heterocycles. The van der Waals surface area contributed by atoms with Gasteiger partial charge >= 0.3 is 0 Å². The van der Waals surface area contributed by atoms with E-state index in [1.54, 1.807) is 0 Å². The van der Waals surface area contributed by atoms with E-state index in [-0.39, 0.29) is 16.7 Å². The zero-order valence-electron chi connectivity index (χ0n) is 8.77. The van der Waals surface area contributed by atoms with Crippen LogP contribution in [-0.4, -0.2) is 39.8 Å². The maximum Gasteiger partial charge on any atom is 0.230 e. The van der Waals surface area contributed by atoms with E-state index in [9.17, 15) is 5.11 Å². The summed E-state index contributed by atoms with van der Waals surface area (Å²) in [6, 6.07) is 0.